The smallest absolute Gasteiger partial charge is 0.349 e. The number of hydrogen-bond donors (Lipinski definition) is 0. The molecule has 0 aliphatic carbocycles. The third-order valence-corrected chi connectivity index (χ3v) is 2.95. The number of carbonyl (C=O) groups is 2. The number of anilines is 1. The summed E-state index contributed by atoms with van der Waals surface area (Å²) in [5.74, 6) is -0.0328. The van der Waals surface area contributed by atoms with Crippen molar-refractivity contribution in [2.75, 3.05) is 18.1 Å². The van der Waals surface area contributed by atoms with Gasteiger partial charge in [-0.3, -0.25) is 4.79 Å². The van der Waals surface area contributed by atoms with Crippen LogP contribution >= 0.6 is 0 Å². The van der Waals surface area contributed by atoms with Gasteiger partial charge in [-0.2, -0.15) is 0 Å². The van der Waals surface area contributed by atoms with E-state index in [0.717, 1.165) is 5.56 Å². The van der Waals surface area contributed by atoms with Crippen LogP contribution in [0, 0.1) is 6.92 Å². The Morgan fingerprint density at radius 2 is 2.21 bits per heavy atom. The largest absolute Gasteiger partial charge is 0.475 e. The lowest BCUT2D eigenvalue weighted by molar-refractivity contribution is -0.151. The summed E-state index contributed by atoms with van der Waals surface area (Å²) in [7, 11) is 0. The molecular weight excluding hydrogens is 246 g/mol. The van der Waals surface area contributed by atoms with Crippen LogP contribution in [-0.4, -0.2) is 31.1 Å². The first-order chi connectivity index (χ1) is 9.02. The van der Waals surface area contributed by atoms with E-state index in [1.54, 1.807) is 17.9 Å². The standard InChI is InChI=1S/C14H17NO4/c1-4-18-14(17)13-8-15(10(3)16)11-7-9(2)5-6-12(11)19-13/h5-7,13H,4,8H2,1-3H3. The fraction of sp³-hybridized carbons (Fsp3) is 0.429. The zero-order valence-electron chi connectivity index (χ0n) is 11.3. The Morgan fingerprint density at radius 3 is 2.84 bits per heavy atom. The van der Waals surface area contributed by atoms with Crippen LogP contribution in [0.4, 0.5) is 5.69 Å². The van der Waals surface area contributed by atoms with E-state index >= 15 is 0 Å². The molecule has 1 atom stereocenters. The first-order valence-electron chi connectivity index (χ1n) is 6.25. The van der Waals surface area contributed by atoms with Crippen LogP contribution < -0.4 is 9.64 Å². The monoisotopic (exact) mass is 263 g/mol. The van der Waals surface area contributed by atoms with E-state index in [1.807, 2.05) is 19.1 Å². The summed E-state index contributed by atoms with van der Waals surface area (Å²) >= 11 is 0. The summed E-state index contributed by atoms with van der Waals surface area (Å²) in [6.07, 6.45) is -0.765. The van der Waals surface area contributed by atoms with Crippen LogP contribution in [0.5, 0.6) is 5.75 Å². The third-order valence-electron chi connectivity index (χ3n) is 2.95. The highest BCUT2D eigenvalue weighted by molar-refractivity contribution is 5.95. The Labute approximate surface area is 112 Å². The van der Waals surface area contributed by atoms with Gasteiger partial charge in [-0.1, -0.05) is 6.07 Å². The fourth-order valence-electron chi connectivity index (χ4n) is 2.05. The molecule has 0 radical (unpaired) electrons. The number of aryl methyl sites for hydroxylation is 1. The molecule has 0 saturated carbocycles. The fourth-order valence-corrected chi connectivity index (χ4v) is 2.05. The van der Waals surface area contributed by atoms with Crippen molar-refractivity contribution in [1.29, 1.82) is 0 Å². The average Bonchev–Trinajstić information content (AvgIpc) is 2.37. The molecule has 0 aromatic heterocycles. The lowest BCUT2D eigenvalue weighted by Crippen LogP contribution is -2.47. The van der Waals surface area contributed by atoms with Gasteiger partial charge in [0.05, 0.1) is 18.8 Å². The predicted molar refractivity (Wildman–Crippen MR) is 70.3 cm³/mol. The van der Waals surface area contributed by atoms with E-state index in [0.29, 0.717) is 18.0 Å². The molecule has 1 aromatic rings. The van der Waals surface area contributed by atoms with Gasteiger partial charge in [-0.25, -0.2) is 4.79 Å². The Hall–Kier alpha value is -2.04. The first-order valence-corrected chi connectivity index (χ1v) is 6.25. The molecule has 5 heteroatoms. The molecule has 1 unspecified atom stereocenters. The lowest BCUT2D eigenvalue weighted by Gasteiger charge is -2.33. The summed E-state index contributed by atoms with van der Waals surface area (Å²) in [5.41, 5.74) is 1.73. The summed E-state index contributed by atoms with van der Waals surface area (Å²) < 4.78 is 10.6. The SMILES string of the molecule is CCOC(=O)C1CN(C(C)=O)c2cc(C)ccc2O1. The molecule has 0 spiro atoms. The third kappa shape index (κ3) is 2.70. The molecule has 5 nitrogen and oxygen atoms in total. The van der Waals surface area contributed by atoms with Gasteiger partial charge in [0.25, 0.3) is 0 Å². The minimum absolute atomic E-state index is 0.121. The molecule has 1 aliphatic rings. The van der Waals surface area contributed by atoms with Crippen LogP contribution in [0.25, 0.3) is 0 Å². The molecule has 1 aliphatic heterocycles. The van der Waals surface area contributed by atoms with Crippen molar-refractivity contribution >= 4 is 17.6 Å². The molecule has 19 heavy (non-hydrogen) atoms. The molecule has 2 rings (SSSR count). The lowest BCUT2D eigenvalue weighted by atomic mass is 10.1. The Kier molecular flexibility index (Phi) is 3.74. The van der Waals surface area contributed by atoms with E-state index < -0.39 is 12.1 Å². The van der Waals surface area contributed by atoms with Gasteiger partial charge in [0, 0.05) is 6.92 Å². The zero-order chi connectivity index (χ0) is 14.0. The zero-order valence-corrected chi connectivity index (χ0v) is 11.3. The number of ether oxygens (including phenoxy) is 2. The number of fused-ring (bicyclic) bond motifs is 1. The molecular formula is C14H17NO4. The summed E-state index contributed by atoms with van der Waals surface area (Å²) in [6.45, 7) is 5.63. The summed E-state index contributed by atoms with van der Waals surface area (Å²) in [5, 5.41) is 0. The van der Waals surface area contributed by atoms with Crippen molar-refractivity contribution in [1.82, 2.24) is 0 Å². The van der Waals surface area contributed by atoms with E-state index in [4.69, 9.17) is 9.47 Å². The van der Waals surface area contributed by atoms with Crippen molar-refractivity contribution in [3.63, 3.8) is 0 Å². The number of carbonyl (C=O) groups excluding carboxylic acids is 2. The second-order valence-electron chi connectivity index (χ2n) is 4.46. The number of esters is 1. The second kappa shape index (κ2) is 5.30. The molecule has 0 N–H and O–H groups in total. The van der Waals surface area contributed by atoms with Gasteiger partial charge >= 0.3 is 5.97 Å². The highest BCUT2D eigenvalue weighted by Gasteiger charge is 2.33. The maximum atomic E-state index is 11.8. The van der Waals surface area contributed by atoms with Gasteiger partial charge in [-0.15, -0.1) is 0 Å². The summed E-state index contributed by atoms with van der Waals surface area (Å²) in [6, 6.07) is 5.52. The van der Waals surface area contributed by atoms with Crippen LogP contribution in [0.2, 0.25) is 0 Å². The van der Waals surface area contributed by atoms with Crippen molar-refractivity contribution in [3.8, 4) is 5.75 Å². The Balaban J connectivity index is 2.33. The number of amides is 1. The highest BCUT2D eigenvalue weighted by atomic mass is 16.6. The van der Waals surface area contributed by atoms with Crippen molar-refractivity contribution in [3.05, 3.63) is 23.8 Å². The minimum Gasteiger partial charge on any atom is -0.475 e. The van der Waals surface area contributed by atoms with Crippen molar-refractivity contribution < 1.29 is 19.1 Å². The number of nitrogens with zero attached hydrogens (tertiary/aromatic N) is 1. The number of rotatable bonds is 2. The van der Waals surface area contributed by atoms with Gasteiger partial charge in [0.1, 0.15) is 5.75 Å². The van der Waals surface area contributed by atoms with Crippen LogP contribution in [0.15, 0.2) is 18.2 Å². The van der Waals surface area contributed by atoms with Crippen molar-refractivity contribution in [2.24, 2.45) is 0 Å². The van der Waals surface area contributed by atoms with Gasteiger partial charge < -0.3 is 14.4 Å². The van der Waals surface area contributed by atoms with E-state index in [2.05, 4.69) is 0 Å². The molecule has 1 heterocycles. The van der Waals surface area contributed by atoms with Crippen LogP contribution in [-0.2, 0) is 14.3 Å². The molecule has 1 amide bonds. The first kappa shape index (κ1) is 13.4. The normalized spacial score (nSPS) is 17.4. The average molecular weight is 263 g/mol. The van der Waals surface area contributed by atoms with Crippen molar-refractivity contribution in [2.45, 2.75) is 26.9 Å². The number of benzene rings is 1. The van der Waals surface area contributed by atoms with Crippen LogP contribution in [0.3, 0.4) is 0 Å². The molecule has 0 saturated heterocycles. The predicted octanol–water partition coefficient (Wildman–Crippen LogP) is 1.67. The molecule has 0 fully saturated rings. The second-order valence-corrected chi connectivity index (χ2v) is 4.46. The maximum absolute atomic E-state index is 11.8. The van der Waals surface area contributed by atoms with Crippen LogP contribution in [0.1, 0.15) is 19.4 Å². The van der Waals surface area contributed by atoms with E-state index in [9.17, 15) is 9.59 Å². The Bertz CT molecular complexity index is 512. The van der Waals surface area contributed by atoms with Gasteiger partial charge in [0.15, 0.2) is 0 Å². The molecule has 0 bridgehead atoms. The minimum atomic E-state index is -0.765. The van der Waals surface area contributed by atoms with Gasteiger partial charge in [0.2, 0.25) is 12.0 Å². The number of hydrogen-bond acceptors (Lipinski definition) is 4. The Morgan fingerprint density at radius 1 is 1.47 bits per heavy atom. The van der Waals surface area contributed by atoms with Gasteiger partial charge in [-0.05, 0) is 31.5 Å². The quantitative estimate of drug-likeness (QED) is 0.762. The van der Waals surface area contributed by atoms with E-state index in [1.165, 1.54) is 6.92 Å². The summed E-state index contributed by atoms with van der Waals surface area (Å²) in [4.78, 5) is 25.0. The molecule has 1 aromatic carbocycles. The highest BCUT2D eigenvalue weighted by Crippen LogP contribution is 2.34. The molecule has 102 valence electrons. The topological polar surface area (TPSA) is 55.8 Å². The maximum Gasteiger partial charge on any atom is 0.349 e. The van der Waals surface area contributed by atoms with E-state index in [-0.39, 0.29) is 12.5 Å².